The number of aliphatic hydroxyl groups is 1. The van der Waals surface area contributed by atoms with Gasteiger partial charge in [0.2, 0.25) is 0 Å². The number of benzene rings is 2. The molecule has 2 aromatic rings. The van der Waals surface area contributed by atoms with E-state index in [1.807, 2.05) is 32.0 Å². The second-order valence-electron chi connectivity index (χ2n) is 5.04. The molecule has 0 saturated carbocycles. The molecule has 0 aromatic heterocycles. The fourth-order valence-electron chi connectivity index (χ4n) is 2.35. The molecule has 0 saturated heterocycles. The molecule has 4 heteroatoms. The van der Waals surface area contributed by atoms with Crippen LogP contribution in [0.2, 0.25) is 0 Å². The van der Waals surface area contributed by atoms with Crippen LogP contribution in [0.4, 0.5) is 8.78 Å². The first kappa shape index (κ1) is 15.4. The van der Waals surface area contributed by atoms with Gasteiger partial charge >= 0.3 is 6.61 Å². The Morgan fingerprint density at radius 2 is 1.57 bits per heavy atom. The van der Waals surface area contributed by atoms with E-state index in [2.05, 4.69) is 4.74 Å². The van der Waals surface area contributed by atoms with Crippen LogP contribution < -0.4 is 4.74 Å². The first-order valence-corrected chi connectivity index (χ1v) is 6.75. The molecule has 1 atom stereocenters. The molecular formula is C17H18F2O2. The molecule has 0 aliphatic carbocycles. The van der Waals surface area contributed by atoms with E-state index in [1.54, 1.807) is 12.1 Å². The second-order valence-corrected chi connectivity index (χ2v) is 5.04. The van der Waals surface area contributed by atoms with Crippen molar-refractivity contribution in [2.75, 3.05) is 0 Å². The molecule has 0 radical (unpaired) electrons. The van der Waals surface area contributed by atoms with Gasteiger partial charge in [-0.3, -0.25) is 0 Å². The lowest BCUT2D eigenvalue weighted by Crippen LogP contribution is -2.06. The number of aryl methyl sites for hydroxylation is 2. The molecule has 2 rings (SSSR count). The average Bonchev–Trinajstić information content (AvgIpc) is 2.43. The Balaban J connectivity index is 2.11. The molecule has 0 heterocycles. The van der Waals surface area contributed by atoms with Crippen LogP contribution in [-0.4, -0.2) is 11.7 Å². The largest absolute Gasteiger partial charge is 0.435 e. The van der Waals surface area contributed by atoms with Crippen molar-refractivity contribution in [1.82, 2.24) is 0 Å². The van der Waals surface area contributed by atoms with Crippen LogP contribution >= 0.6 is 0 Å². The van der Waals surface area contributed by atoms with E-state index in [9.17, 15) is 13.9 Å². The van der Waals surface area contributed by atoms with Crippen molar-refractivity contribution in [3.05, 3.63) is 64.7 Å². The minimum Gasteiger partial charge on any atom is -0.435 e. The van der Waals surface area contributed by atoms with Crippen LogP contribution in [0.1, 0.15) is 28.4 Å². The lowest BCUT2D eigenvalue weighted by atomic mass is 9.94. The Morgan fingerprint density at radius 3 is 2.10 bits per heavy atom. The van der Waals surface area contributed by atoms with E-state index in [0.717, 1.165) is 16.7 Å². The first-order chi connectivity index (χ1) is 9.97. The van der Waals surface area contributed by atoms with Crippen LogP contribution in [-0.2, 0) is 6.42 Å². The third-order valence-electron chi connectivity index (χ3n) is 3.53. The van der Waals surface area contributed by atoms with Crippen molar-refractivity contribution < 1.29 is 18.6 Å². The third-order valence-corrected chi connectivity index (χ3v) is 3.53. The van der Waals surface area contributed by atoms with Crippen LogP contribution in [0.3, 0.4) is 0 Å². The molecule has 0 spiro atoms. The summed E-state index contributed by atoms with van der Waals surface area (Å²) in [4.78, 5) is 0. The maximum absolute atomic E-state index is 12.1. The maximum Gasteiger partial charge on any atom is 0.387 e. The number of halogens is 2. The molecule has 0 bridgehead atoms. The van der Waals surface area contributed by atoms with Gasteiger partial charge in [0.25, 0.3) is 0 Å². The van der Waals surface area contributed by atoms with Gasteiger partial charge in [0.1, 0.15) is 5.75 Å². The quantitative estimate of drug-likeness (QED) is 0.895. The van der Waals surface area contributed by atoms with E-state index < -0.39 is 12.7 Å². The molecule has 0 aliphatic rings. The lowest BCUT2D eigenvalue weighted by Gasteiger charge is -2.15. The molecule has 0 aliphatic heterocycles. The summed E-state index contributed by atoms with van der Waals surface area (Å²) in [6.45, 7) is 1.18. The SMILES string of the molecule is Cc1cccc(C)c1CC(O)c1ccc(OC(F)F)cc1. The summed E-state index contributed by atoms with van der Waals surface area (Å²) in [6.07, 6.45) is -0.182. The summed E-state index contributed by atoms with van der Waals surface area (Å²) >= 11 is 0. The molecule has 1 unspecified atom stereocenters. The normalized spacial score (nSPS) is 12.5. The highest BCUT2D eigenvalue weighted by Gasteiger charge is 2.12. The Morgan fingerprint density at radius 1 is 1.00 bits per heavy atom. The van der Waals surface area contributed by atoms with Crippen molar-refractivity contribution in [1.29, 1.82) is 0 Å². The van der Waals surface area contributed by atoms with Gasteiger partial charge in [-0.1, -0.05) is 30.3 Å². The average molecular weight is 292 g/mol. The summed E-state index contributed by atoms with van der Waals surface area (Å²) in [7, 11) is 0. The fraction of sp³-hybridized carbons (Fsp3) is 0.294. The molecule has 2 aromatic carbocycles. The van der Waals surface area contributed by atoms with Crippen LogP contribution in [0.15, 0.2) is 42.5 Å². The van der Waals surface area contributed by atoms with Gasteiger partial charge in [-0.05, 0) is 48.2 Å². The van der Waals surface area contributed by atoms with Crippen molar-refractivity contribution in [2.45, 2.75) is 33.0 Å². The zero-order chi connectivity index (χ0) is 15.4. The van der Waals surface area contributed by atoms with E-state index in [4.69, 9.17) is 0 Å². The molecule has 2 nitrogen and oxygen atoms in total. The fourth-order valence-corrected chi connectivity index (χ4v) is 2.35. The minimum atomic E-state index is -2.84. The summed E-state index contributed by atoms with van der Waals surface area (Å²) < 4.78 is 28.5. The number of aliphatic hydroxyl groups excluding tert-OH is 1. The molecule has 0 fully saturated rings. The van der Waals surface area contributed by atoms with Crippen molar-refractivity contribution in [3.8, 4) is 5.75 Å². The lowest BCUT2D eigenvalue weighted by molar-refractivity contribution is -0.0498. The predicted molar refractivity (Wildman–Crippen MR) is 77.7 cm³/mol. The highest BCUT2D eigenvalue weighted by atomic mass is 19.3. The van der Waals surface area contributed by atoms with Crippen molar-refractivity contribution >= 4 is 0 Å². The van der Waals surface area contributed by atoms with Crippen LogP contribution in [0, 0.1) is 13.8 Å². The number of rotatable bonds is 5. The topological polar surface area (TPSA) is 29.5 Å². The van der Waals surface area contributed by atoms with E-state index in [-0.39, 0.29) is 5.75 Å². The monoisotopic (exact) mass is 292 g/mol. The molecule has 21 heavy (non-hydrogen) atoms. The number of hydrogen-bond donors (Lipinski definition) is 1. The summed E-state index contributed by atoms with van der Waals surface area (Å²) in [5.74, 6) is 0.0908. The van der Waals surface area contributed by atoms with Crippen LogP contribution in [0.25, 0.3) is 0 Å². The number of ether oxygens (including phenoxy) is 1. The highest BCUT2D eigenvalue weighted by Crippen LogP contribution is 2.24. The van der Waals surface area contributed by atoms with Crippen molar-refractivity contribution in [3.63, 3.8) is 0 Å². The third kappa shape index (κ3) is 4.02. The number of alkyl halides is 2. The number of hydrogen-bond acceptors (Lipinski definition) is 2. The first-order valence-electron chi connectivity index (χ1n) is 6.75. The summed E-state index contributed by atoms with van der Waals surface area (Å²) in [5, 5.41) is 10.3. The van der Waals surface area contributed by atoms with Crippen molar-refractivity contribution in [2.24, 2.45) is 0 Å². The van der Waals surface area contributed by atoms with Gasteiger partial charge in [0.15, 0.2) is 0 Å². The van der Waals surface area contributed by atoms with Crippen LogP contribution in [0.5, 0.6) is 5.75 Å². The highest BCUT2D eigenvalue weighted by molar-refractivity contribution is 5.36. The standard InChI is InChI=1S/C17H18F2O2/c1-11-4-3-5-12(2)15(11)10-16(20)13-6-8-14(9-7-13)21-17(18)19/h3-9,16-17,20H,10H2,1-2H3. The van der Waals surface area contributed by atoms with Gasteiger partial charge in [0.05, 0.1) is 6.10 Å². The Labute approximate surface area is 123 Å². The summed E-state index contributed by atoms with van der Waals surface area (Å²) in [5.41, 5.74) is 4.05. The Kier molecular flexibility index (Phi) is 4.91. The Bertz CT molecular complexity index is 574. The van der Waals surface area contributed by atoms with E-state index in [1.165, 1.54) is 12.1 Å². The zero-order valence-corrected chi connectivity index (χ0v) is 12.0. The predicted octanol–water partition coefficient (Wildman–Crippen LogP) is 4.18. The maximum atomic E-state index is 12.1. The molecular weight excluding hydrogens is 274 g/mol. The second kappa shape index (κ2) is 6.68. The summed E-state index contributed by atoms with van der Waals surface area (Å²) in [6, 6.07) is 12.1. The van der Waals surface area contributed by atoms with E-state index in [0.29, 0.717) is 12.0 Å². The minimum absolute atomic E-state index is 0.0908. The van der Waals surface area contributed by atoms with Gasteiger partial charge in [-0.25, -0.2) is 0 Å². The van der Waals surface area contributed by atoms with Gasteiger partial charge < -0.3 is 9.84 Å². The Hall–Kier alpha value is -1.94. The van der Waals surface area contributed by atoms with Gasteiger partial charge in [-0.2, -0.15) is 8.78 Å². The molecule has 1 N–H and O–H groups in total. The molecule has 0 amide bonds. The van der Waals surface area contributed by atoms with Gasteiger partial charge in [-0.15, -0.1) is 0 Å². The smallest absolute Gasteiger partial charge is 0.387 e. The van der Waals surface area contributed by atoms with Gasteiger partial charge in [0, 0.05) is 6.42 Å². The zero-order valence-electron chi connectivity index (χ0n) is 12.0. The van der Waals surface area contributed by atoms with E-state index >= 15 is 0 Å². The molecule has 112 valence electrons.